The van der Waals surface area contributed by atoms with E-state index >= 15 is 0 Å². The van der Waals surface area contributed by atoms with E-state index in [0.717, 1.165) is 24.2 Å². The molecule has 3 amide bonds. The van der Waals surface area contributed by atoms with E-state index in [4.69, 9.17) is 4.74 Å². The number of benzene rings is 1. The van der Waals surface area contributed by atoms with Crippen LogP contribution < -0.4 is 20.7 Å². The summed E-state index contributed by atoms with van der Waals surface area (Å²) in [5.74, 6) is 0.680. The van der Waals surface area contributed by atoms with Gasteiger partial charge in [0.15, 0.2) is 0 Å². The van der Waals surface area contributed by atoms with Gasteiger partial charge >= 0.3 is 6.03 Å². The molecule has 1 heterocycles. The summed E-state index contributed by atoms with van der Waals surface area (Å²) in [6.45, 7) is 3.24. The summed E-state index contributed by atoms with van der Waals surface area (Å²) in [6.07, 6.45) is 1.72. The van der Waals surface area contributed by atoms with Crippen LogP contribution in [0.5, 0.6) is 5.75 Å². The summed E-state index contributed by atoms with van der Waals surface area (Å²) < 4.78 is 5.39. The van der Waals surface area contributed by atoms with Crippen LogP contribution in [0.15, 0.2) is 18.2 Å². The highest BCUT2D eigenvalue weighted by atomic mass is 16.5. The van der Waals surface area contributed by atoms with Crippen molar-refractivity contribution in [3.05, 3.63) is 23.8 Å². The Kier molecular flexibility index (Phi) is 4.81. The molecule has 1 aliphatic rings. The van der Waals surface area contributed by atoms with Gasteiger partial charge in [-0.3, -0.25) is 4.79 Å². The maximum absolute atomic E-state index is 11.7. The Morgan fingerprint density at radius 3 is 2.95 bits per heavy atom. The molecule has 6 nitrogen and oxygen atoms in total. The van der Waals surface area contributed by atoms with Crippen molar-refractivity contribution in [2.45, 2.75) is 19.8 Å². The van der Waals surface area contributed by atoms with Crippen LogP contribution >= 0.6 is 0 Å². The lowest BCUT2D eigenvalue weighted by Gasteiger charge is -2.09. The first-order chi connectivity index (χ1) is 9.69. The Balaban J connectivity index is 1.78. The Morgan fingerprint density at radius 2 is 2.15 bits per heavy atom. The minimum Gasteiger partial charge on any atom is -0.493 e. The van der Waals surface area contributed by atoms with Crippen molar-refractivity contribution in [1.82, 2.24) is 10.6 Å². The van der Waals surface area contributed by atoms with Crippen molar-refractivity contribution < 1.29 is 14.3 Å². The van der Waals surface area contributed by atoms with E-state index in [1.165, 1.54) is 0 Å². The van der Waals surface area contributed by atoms with Crippen molar-refractivity contribution in [1.29, 1.82) is 0 Å². The number of amides is 3. The molecule has 0 spiro atoms. The summed E-state index contributed by atoms with van der Waals surface area (Å²) >= 11 is 0. The first-order valence-corrected chi connectivity index (χ1v) is 6.76. The first-order valence-electron chi connectivity index (χ1n) is 6.76. The summed E-state index contributed by atoms with van der Waals surface area (Å²) in [4.78, 5) is 23.0. The first kappa shape index (κ1) is 14.2. The van der Waals surface area contributed by atoms with Gasteiger partial charge in [0.2, 0.25) is 5.91 Å². The van der Waals surface area contributed by atoms with Crippen LogP contribution in [0.1, 0.15) is 18.9 Å². The number of ether oxygens (including phenoxy) is 1. The van der Waals surface area contributed by atoms with Crippen molar-refractivity contribution in [3.63, 3.8) is 0 Å². The topological polar surface area (TPSA) is 79.5 Å². The normalized spacial score (nSPS) is 12.2. The van der Waals surface area contributed by atoms with Crippen LogP contribution in [0.2, 0.25) is 0 Å². The molecule has 0 aliphatic carbocycles. The van der Waals surface area contributed by atoms with E-state index < -0.39 is 6.03 Å². The predicted octanol–water partition coefficient (Wildman–Crippen LogP) is 1.27. The third-order valence-corrected chi connectivity index (χ3v) is 2.93. The molecule has 1 aromatic carbocycles. The number of hydrogen-bond acceptors (Lipinski definition) is 3. The van der Waals surface area contributed by atoms with Crippen LogP contribution in [0.3, 0.4) is 0 Å². The zero-order chi connectivity index (χ0) is 14.4. The lowest BCUT2D eigenvalue weighted by molar-refractivity contribution is -0.120. The lowest BCUT2D eigenvalue weighted by atomic mass is 10.1. The Morgan fingerprint density at radius 1 is 1.30 bits per heavy atom. The molecule has 0 saturated carbocycles. The molecule has 3 N–H and O–H groups in total. The Bertz CT molecular complexity index is 502. The average molecular weight is 277 g/mol. The van der Waals surface area contributed by atoms with Gasteiger partial charge < -0.3 is 20.7 Å². The number of hydrogen-bond donors (Lipinski definition) is 3. The van der Waals surface area contributed by atoms with Crippen LogP contribution in [-0.2, 0) is 11.2 Å². The molecule has 0 atom stereocenters. The molecule has 0 bridgehead atoms. The van der Waals surface area contributed by atoms with E-state index in [-0.39, 0.29) is 12.5 Å². The van der Waals surface area contributed by atoms with Gasteiger partial charge in [0.1, 0.15) is 5.75 Å². The minimum absolute atomic E-state index is 0.0279. The van der Waals surface area contributed by atoms with Gasteiger partial charge in [-0.25, -0.2) is 4.79 Å². The molecule has 6 heteroatoms. The molecule has 0 aromatic heterocycles. The molecule has 108 valence electrons. The summed E-state index contributed by atoms with van der Waals surface area (Å²) in [7, 11) is 0. The number of rotatable bonds is 5. The maximum Gasteiger partial charge on any atom is 0.319 e. The van der Waals surface area contributed by atoms with E-state index in [1.54, 1.807) is 6.07 Å². The second-order valence-corrected chi connectivity index (χ2v) is 4.58. The highest BCUT2D eigenvalue weighted by Gasteiger charge is 2.13. The molecule has 0 fully saturated rings. The molecule has 0 unspecified atom stereocenters. The fourth-order valence-corrected chi connectivity index (χ4v) is 1.93. The van der Waals surface area contributed by atoms with Crippen molar-refractivity contribution >= 4 is 17.6 Å². The zero-order valence-electron chi connectivity index (χ0n) is 11.5. The van der Waals surface area contributed by atoms with Gasteiger partial charge in [-0.2, -0.15) is 0 Å². The Hall–Kier alpha value is -2.24. The minimum atomic E-state index is -0.393. The largest absolute Gasteiger partial charge is 0.493 e. The summed E-state index contributed by atoms with van der Waals surface area (Å²) in [6, 6.07) is 5.11. The molecular formula is C14H19N3O3. The average Bonchev–Trinajstić information content (AvgIpc) is 2.90. The van der Waals surface area contributed by atoms with Crippen molar-refractivity contribution in [3.8, 4) is 5.75 Å². The molecule has 0 radical (unpaired) electrons. The number of anilines is 1. The van der Waals surface area contributed by atoms with Gasteiger partial charge in [-0.1, -0.05) is 6.92 Å². The summed E-state index contributed by atoms with van der Waals surface area (Å²) in [5.41, 5.74) is 1.78. The number of nitrogens with one attached hydrogen (secondary N) is 3. The quantitative estimate of drug-likeness (QED) is 0.758. The second-order valence-electron chi connectivity index (χ2n) is 4.58. The monoisotopic (exact) mass is 277 g/mol. The highest BCUT2D eigenvalue weighted by molar-refractivity contribution is 5.92. The van der Waals surface area contributed by atoms with Gasteiger partial charge in [0.05, 0.1) is 13.2 Å². The second kappa shape index (κ2) is 6.79. The van der Waals surface area contributed by atoms with Crippen molar-refractivity contribution in [2.24, 2.45) is 0 Å². The standard InChI is InChI=1S/C14H19N3O3/c1-2-6-15-13(18)9-16-14(19)17-11-3-4-12-10(8-11)5-7-20-12/h3-4,8H,2,5-7,9H2,1H3,(H,15,18)(H2,16,17,19). The zero-order valence-corrected chi connectivity index (χ0v) is 11.5. The van der Waals surface area contributed by atoms with Gasteiger partial charge in [0.25, 0.3) is 0 Å². The molecule has 2 rings (SSSR count). The predicted molar refractivity (Wildman–Crippen MR) is 76.0 cm³/mol. The van der Waals surface area contributed by atoms with Gasteiger partial charge in [-0.15, -0.1) is 0 Å². The highest BCUT2D eigenvalue weighted by Crippen LogP contribution is 2.27. The van der Waals surface area contributed by atoms with Crippen LogP contribution in [0.25, 0.3) is 0 Å². The SMILES string of the molecule is CCCNC(=O)CNC(=O)Nc1ccc2c(c1)CCO2. The van der Waals surface area contributed by atoms with E-state index in [9.17, 15) is 9.59 Å². The van der Waals surface area contributed by atoms with E-state index in [1.807, 2.05) is 19.1 Å². The molecule has 1 aliphatic heterocycles. The van der Waals surface area contributed by atoms with Gasteiger partial charge in [-0.05, 0) is 30.2 Å². The van der Waals surface area contributed by atoms with Crippen LogP contribution in [0, 0.1) is 0 Å². The van der Waals surface area contributed by atoms with Gasteiger partial charge in [0, 0.05) is 18.7 Å². The Labute approximate surface area is 117 Å². The summed E-state index contributed by atoms with van der Waals surface area (Å²) in [5, 5.41) is 7.90. The number of carbonyl (C=O) groups is 2. The molecular weight excluding hydrogens is 258 g/mol. The van der Waals surface area contributed by atoms with Crippen LogP contribution in [0.4, 0.5) is 10.5 Å². The molecule has 20 heavy (non-hydrogen) atoms. The van der Waals surface area contributed by atoms with Crippen LogP contribution in [-0.4, -0.2) is 31.6 Å². The van der Waals surface area contributed by atoms with Crippen molar-refractivity contribution in [2.75, 3.05) is 25.0 Å². The number of urea groups is 1. The molecule has 1 aromatic rings. The molecule has 0 saturated heterocycles. The lowest BCUT2D eigenvalue weighted by Crippen LogP contribution is -2.39. The number of fused-ring (bicyclic) bond motifs is 1. The number of carbonyl (C=O) groups excluding carboxylic acids is 2. The third kappa shape index (κ3) is 3.88. The third-order valence-electron chi connectivity index (χ3n) is 2.93. The maximum atomic E-state index is 11.7. The smallest absolute Gasteiger partial charge is 0.319 e. The fraction of sp³-hybridized carbons (Fsp3) is 0.429. The fourth-order valence-electron chi connectivity index (χ4n) is 1.93. The van der Waals surface area contributed by atoms with E-state index in [2.05, 4.69) is 16.0 Å². The van der Waals surface area contributed by atoms with E-state index in [0.29, 0.717) is 18.8 Å².